The fourth-order valence-corrected chi connectivity index (χ4v) is 1.86. The van der Waals surface area contributed by atoms with Crippen LogP contribution in [-0.4, -0.2) is 22.0 Å². The fourth-order valence-electron chi connectivity index (χ4n) is 1.86. The molecule has 0 saturated heterocycles. The summed E-state index contributed by atoms with van der Waals surface area (Å²) >= 11 is 0. The lowest BCUT2D eigenvalue weighted by atomic mass is 10.1. The molecule has 4 nitrogen and oxygen atoms in total. The van der Waals surface area contributed by atoms with Crippen LogP contribution in [0.2, 0.25) is 0 Å². The van der Waals surface area contributed by atoms with Crippen LogP contribution in [0.15, 0.2) is 24.2 Å². The van der Waals surface area contributed by atoms with Crippen LogP contribution in [0.3, 0.4) is 0 Å². The van der Waals surface area contributed by atoms with Crippen molar-refractivity contribution in [3.05, 3.63) is 29.9 Å². The minimum Gasteiger partial charge on any atom is -0.352 e. The average Bonchev–Trinajstić information content (AvgIpc) is 2.70. The predicted molar refractivity (Wildman–Crippen MR) is 61.9 cm³/mol. The van der Waals surface area contributed by atoms with Gasteiger partial charge in [-0.1, -0.05) is 13.0 Å². The Balaban J connectivity index is 2.02. The number of imidazole rings is 1. The van der Waals surface area contributed by atoms with Crippen molar-refractivity contribution in [2.24, 2.45) is 0 Å². The Bertz CT molecular complexity index is 406. The molecule has 0 fully saturated rings. The number of carbonyl (C=O) groups is 1. The highest BCUT2D eigenvalue weighted by Crippen LogP contribution is 2.10. The minimum absolute atomic E-state index is 0.0521. The van der Waals surface area contributed by atoms with E-state index in [0.717, 1.165) is 37.2 Å². The summed E-state index contributed by atoms with van der Waals surface area (Å²) in [6.45, 7) is 3.88. The van der Waals surface area contributed by atoms with Gasteiger partial charge in [-0.2, -0.15) is 0 Å². The van der Waals surface area contributed by atoms with Gasteiger partial charge in [0.05, 0.1) is 12.0 Å². The van der Waals surface area contributed by atoms with Crippen LogP contribution in [0, 0.1) is 0 Å². The monoisotopic (exact) mass is 219 g/mol. The van der Waals surface area contributed by atoms with Crippen molar-refractivity contribution in [1.82, 2.24) is 14.9 Å². The van der Waals surface area contributed by atoms with Crippen molar-refractivity contribution in [3.8, 4) is 0 Å². The Kier molecular flexibility index (Phi) is 3.39. The summed E-state index contributed by atoms with van der Waals surface area (Å²) in [4.78, 5) is 15.8. The number of nitrogens with zero attached hydrogens (tertiary/aromatic N) is 2. The van der Waals surface area contributed by atoms with Crippen LogP contribution in [0.25, 0.3) is 0 Å². The second-order valence-electron chi connectivity index (χ2n) is 4.05. The molecule has 0 aromatic carbocycles. The molecule has 1 amide bonds. The van der Waals surface area contributed by atoms with E-state index < -0.39 is 0 Å². The van der Waals surface area contributed by atoms with Crippen molar-refractivity contribution < 1.29 is 4.79 Å². The molecule has 0 aliphatic carbocycles. The summed E-state index contributed by atoms with van der Waals surface area (Å²) in [6.07, 6.45) is 8.53. The molecular weight excluding hydrogens is 202 g/mol. The maximum atomic E-state index is 11.5. The van der Waals surface area contributed by atoms with Gasteiger partial charge in [0.25, 0.3) is 0 Å². The van der Waals surface area contributed by atoms with Crippen molar-refractivity contribution in [1.29, 1.82) is 0 Å². The molecule has 0 saturated carbocycles. The molecule has 1 N–H and O–H groups in total. The third-order valence-electron chi connectivity index (χ3n) is 2.65. The van der Waals surface area contributed by atoms with E-state index in [2.05, 4.69) is 21.8 Å². The lowest BCUT2D eigenvalue weighted by Crippen LogP contribution is -2.30. The van der Waals surface area contributed by atoms with Crippen LogP contribution in [0.5, 0.6) is 0 Å². The predicted octanol–water partition coefficient (Wildman–Crippen LogP) is 1.28. The van der Waals surface area contributed by atoms with E-state index in [0.29, 0.717) is 6.42 Å². The number of aryl methyl sites for hydroxylation is 1. The third-order valence-corrected chi connectivity index (χ3v) is 2.65. The maximum absolute atomic E-state index is 11.5. The summed E-state index contributed by atoms with van der Waals surface area (Å²) in [7, 11) is 0. The zero-order valence-corrected chi connectivity index (χ0v) is 9.57. The lowest BCUT2D eigenvalue weighted by molar-refractivity contribution is -0.117. The van der Waals surface area contributed by atoms with Crippen LogP contribution < -0.4 is 5.32 Å². The molecular formula is C12H17N3O. The van der Waals surface area contributed by atoms with E-state index in [1.54, 1.807) is 0 Å². The largest absolute Gasteiger partial charge is 0.352 e. The van der Waals surface area contributed by atoms with Gasteiger partial charge < -0.3 is 9.88 Å². The minimum atomic E-state index is 0.0521. The van der Waals surface area contributed by atoms with Gasteiger partial charge in [0, 0.05) is 31.3 Å². The van der Waals surface area contributed by atoms with Crippen LogP contribution in [0.1, 0.15) is 25.5 Å². The van der Waals surface area contributed by atoms with Gasteiger partial charge in [0.15, 0.2) is 0 Å². The van der Waals surface area contributed by atoms with Crippen LogP contribution in [0.4, 0.5) is 0 Å². The highest BCUT2D eigenvalue weighted by atomic mass is 16.1. The van der Waals surface area contributed by atoms with Gasteiger partial charge in [-0.15, -0.1) is 0 Å². The number of nitrogens with one attached hydrogen (secondary N) is 1. The SMILES string of the molecule is CCCn1cnc(CC2=CCCNC2=O)c1. The van der Waals surface area contributed by atoms with E-state index in [4.69, 9.17) is 0 Å². The standard InChI is InChI=1S/C12H17N3O/c1-2-6-15-8-11(14-9-15)7-10-4-3-5-13-12(10)16/h4,8-9H,2-3,5-7H2,1H3,(H,13,16). The molecule has 1 aliphatic rings. The second-order valence-corrected chi connectivity index (χ2v) is 4.05. The summed E-state index contributed by atoms with van der Waals surface area (Å²) < 4.78 is 2.07. The molecule has 0 radical (unpaired) electrons. The Morgan fingerprint density at radius 2 is 2.44 bits per heavy atom. The highest BCUT2D eigenvalue weighted by molar-refractivity contribution is 5.94. The molecule has 0 atom stereocenters. The van der Waals surface area contributed by atoms with E-state index in [1.165, 1.54) is 0 Å². The van der Waals surface area contributed by atoms with Gasteiger partial charge in [-0.25, -0.2) is 4.98 Å². The van der Waals surface area contributed by atoms with Crippen molar-refractivity contribution in [3.63, 3.8) is 0 Å². The number of carbonyl (C=O) groups excluding carboxylic acids is 1. The number of hydrogen-bond donors (Lipinski definition) is 1. The first-order valence-corrected chi connectivity index (χ1v) is 5.77. The first-order chi connectivity index (χ1) is 7.79. The molecule has 0 unspecified atom stereocenters. The van der Waals surface area contributed by atoms with E-state index in [9.17, 15) is 4.79 Å². The lowest BCUT2D eigenvalue weighted by Gasteiger charge is -2.12. The molecule has 2 rings (SSSR count). The number of amides is 1. The van der Waals surface area contributed by atoms with E-state index in [-0.39, 0.29) is 5.91 Å². The number of rotatable bonds is 4. The molecule has 1 aromatic rings. The van der Waals surface area contributed by atoms with Crippen molar-refractivity contribution in [2.45, 2.75) is 32.7 Å². The molecule has 0 spiro atoms. The zero-order chi connectivity index (χ0) is 11.4. The summed E-state index contributed by atoms with van der Waals surface area (Å²) in [5.74, 6) is 0.0521. The van der Waals surface area contributed by atoms with E-state index in [1.807, 2.05) is 18.6 Å². The Hall–Kier alpha value is -1.58. The number of hydrogen-bond acceptors (Lipinski definition) is 2. The summed E-state index contributed by atoms with van der Waals surface area (Å²) in [5, 5.41) is 2.84. The zero-order valence-electron chi connectivity index (χ0n) is 9.57. The van der Waals surface area contributed by atoms with Gasteiger partial charge in [0.1, 0.15) is 0 Å². The fraction of sp³-hybridized carbons (Fsp3) is 0.500. The first-order valence-electron chi connectivity index (χ1n) is 5.77. The van der Waals surface area contributed by atoms with Crippen LogP contribution in [-0.2, 0) is 17.8 Å². The summed E-state index contributed by atoms with van der Waals surface area (Å²) in [6, 6.07) is 0. The molecule has 4 heteroatoms. The smallest absolute Gasteiger partial charge is 0.247 e. The molecule has 0 bridgehead atoms. The molecule has 1 aromatic heterocycles. The third kappa shape index (κ3) is 2.51. The molecule has 2 heterocycles. The van der Waals surface area contributed by atoms with Crippen molar-refractivity contribution in [2.75, 3.05) is 6.54 Å². The molecule has 86 valence electrons. The van der Waals surface area contributed by atoms with E-state index >= 15 is 0 Å². The van der Waals surface area contributed by atoms with Gasteiger partial charge in [-0.3, -0.25) is 4.79 Å². The number of aromatic nitrogens is 2. The molecule has 1 aliphatic heterocycles. The first kappa shape index (κ1) is 10.9. The Morgan fingerprint density at radius 1 is 1.56 bits per heavy atom. The molecule has 16 heavy (non-hydrogen) atoms. The maximum Gasteiger partial charge on any atom is 0.247 e. The Morgan fingerprint density at radius 3 is 3.19 bits per heavy atom. The van der Waals surface area contributed by atoms with Gasteiger partial charge in [0.2, 0.25) is 5.91 Å². The van der Waals surface area contributed by atoms with Gasteiger partial charge in [-0.05, 0) is 12.8 Å². The van der Waals surface area contributed by atoms with Gasteiger partial charge >= 0.3 is 0 Å². The average molecular weight is 219 g/mol. The second kappa shape index (κ2) is 4.96. The van der Waals surface area contributed by atoms with Crippen LogP contribution >= 0.6 is 0 Å². The quantitative estimate of drug-likeness (QED) is 0.829. The Labute approximate surface area is 95.4 Å². The topological polar surface area (TPSA) is 46.9 Å². The summed E-state index contributed by atoms with van der Waals surface area (Å²) in [5.41, 5.74) is 1.81. The normalized spacial score (nSPS) is 15.8. The van der Waals surface area contributed by atoms with Crippen molar-refractivity contribution >= 4 is 5.91 Å². The highest BCUT2D eigenvalue weighted by Gasteiger charge is 2.14.